The van der Waals surface area contributed by atoms with Gasteiger partial charge >= 0.3 is 6.03 Å². The predicted molar refractivity (Wildman–Crippen MR) is 62.9 cm³/mol. The molecule has 2 amide bonds. The number of carbonyl (C=O) groups is 1. The summed E-state index contributed by atoms with van der Waals surface area (Å²) in [7, 11) is 0. The van der Waals surface area contributed by atoms with Crippen LogP contribution in [0.4, 0.5) is 20.6 Å². The van der Waals surface area contributed by atoms with Crippen molar-refractivity contribution in [2.45, 2.75) is 12.8 Å². The van der Waals surface area contributed by atoms with Gasteiger partial charge in [0, 0.05) is 19.2 Å². The number of urea groups is 1. The average molecular weight is 253 g/mol. The van der Waals surface area contributed by atoms with Crippen molar-refractivity contribution in [3.63, 3.8) is 0 Å². The zero-order valence-electron chi connectivity index (χ0n) is 9.56. The molecule has 1 aliphatic heterocycles. The molecular formula is C11H12FN3O3. The van der Waals surface area contributed by atoms with Crippen LogP contribution in [-0.4, -0.2) is 28.9 Å². The Morgan fingerprint density at radius 2 is 2.06 bits per heavy atom. The Labute approximate surface area is 103 Å². The van der Waals surface area contributed by atoms with Gasteiger partial charge in [0.05, 0.1) is 4.92 Å². The number of nitro benzene ring substituents is 1. The Morgan fingerprint density at radius 1 is 1.39 bits per heavy atom. The molecule has 1 fully saturated rings. The van der Waals surface area contributed by atoms with E-state index >= 15 is 0 Å². The average Bonchev–Trinajstić information content (AvgIpc) is 2.85. The zero-order chi connectivity index (χ0) is 13.1. The molecule has 0 atom stereocenters. The van der Waals surface area contributed by atoms with E-state index in [4.69, 9.17) is 0 Å². The van der Waals surface area contributed by atoms with E-state index in [0.29, 0.717) is 13.1 Å². The number of nitrogens with zero attached hydrogens (tertiary/aromatic N) is 2. The van der Waals surface area contributed by atoms with Crippen molar-refractivity contribution in [2.24, 2.45) is 0 Å². The number of hydrogen-bond donors (Lipinski definition) is 1. The second-order valence-corrected chi connectivity index (χ2v) is 4.02. The van der Waals surface area contributed by atoms with Crippen LogP contribution >= 0.6 is 0 Å². The molecule has 6 nitrogen and oxygen atoms in total. The van der Waals surface area contributed by atoms with Crippen LogP contribution in [0.15, 0.2) is 18.2 Å². The van der Waals surface area contributed by atoms with E-state index in [1.807, 2.05) is 0 Å². The second-order valence-electron chi connectivity index (χ2n) is 4.02. The van der Waals surface area contributed by atoms with Gasteiger partial charge in [-0.15, -0.1) is 0 Å². The van der Waals surface area contributed by atoms with Gasteiger partial charge in [-0.25, -0.2) is 9.18 Å². The Kier molecular flexibility index (Phi) is 3.40. The normalized spacial score (nSPS) is 14.6. The van der Waals surface area contributed by atoms with Gasteiger partial charge in [0.2, 0.25) is 0 Å². The molecule has 96 valence electrons. The van der Waals surface area contributed by atoms with Crippen molar-refractivity contribution in [3.05, 3.63) is 34.1 Å². The molecule has 0 aliphatic carbocycles. The largest absolute Gasteiger partial charge is 0.325 e. The Hall–Kier alpha value is -2.18. The van der Waals surface area contributed by atoms with Crippen molar-refractivity contribution >= 4 is 17.4 Å². The summed E-state index contributed by atoms with van der Waals surface area (Å²) in [5, 5.41) is 13.0. The lowest BCUT2D eigenvalue weighted by Gasteiger charge is -2.16. The molecule has 1 heterocycles. The fourth-order valence-corrected chi connectivity index (χ4v) is 1.89. The molecule has 1 aromatic rings. The van der Waals surface area contributed by atoms with Crippen LogP contribution in [0.2, 0.25) is 0 Å². The summed E-state index contributed by atoms with van der Waals surface area (Å²) in [4.78, 5) is 23.3. The first-order chi connectivity index (χ1) is 8.59. The lowest BCUT2D eigenvalue weighted by molar-refractivity contribution is -0.384. The van der Waals surface area contributed by atoms with Crippen LogP contribution in [0, 0.1) is 15.9 Å². The number of benzene rings is 1. The summed E-state index contributed by atoms with van der Waals surface area (Å²) < 4.78 is 13.5. The first-order valence-corrected chi connectivity index (χ1v) is 5.58. The maximum absolute atomic E-state index is 13.5. The third-order valence-electron chi connectivity index (χ3n) is 2.81. The van der Waals surface area contributed by atoms with Crippen molar-refractivity contribution < 1.29 is 14.1 Å². The first kappa shape index (κ1) is 12.3. The summed E-state index contributed by atoms with van der Waals surface area (Å²) in [5.41, 5.74) is -0.818. The van der Waals surface area contributed by atoms with Crippen molar-refractivity contribution in [3.8, 4) is 0 Å². The highest BCUT2D eigenvalue weighted by atomic mass is 19.1. The number of halogens is 1. The molecule has 0 unspecified atom stereocenters. The van der Waals surface area contributed by atoms with Gasteiger partial charge in [-0.2, -0.15) is 0 Å². The highest BCUT2D eigenvalue weighted by molar-refractivity contribution is 5.92. The summed E-state index contributed by atoms with van der Waals surface area (Å²) in [6.07, 6.45) is 1.79. The van der Waals surface area contributed by atoms with Crippen molar-refractivity contribution in [1.29, 1.82) is 0 Å². The predicted octanol–water partition coefficient (Wildman–Crippen LogP) is 2.36. The second kappa shape index (κ2) is 4.99. The smallest absolute Gasteiger partial charge is 0.322 e. The molecule has 2 rings (SSSR count). The van der Waals surface area contributed by atoms with Crippen LogP contribution in [-0.2, 0) is 0 Å². The SMILES string of the molecule is O=C(Nc1c(F)cccc1[N+](=O)[O-])N1CCCC1. The van der Waals surface area contributed by atoms with E-state index in [0.717, 1.165) is 25.0 Å². The van der Waals surface area contributed by atoms with Crippen LogP contribution in [0.3, 0.4) is 0 Å². The van der Waals surface area contributed by atoms with Gasteiger partial charge in [0.1, 0.15) is 0 Å². The highest BCUT2D eigenvalue weighted by Gasteiger charge is 2.23. The number of nitrogens with one attached hydrogen (secondary N) is 1. The molecule has 0 radical (unpaired) electrons. The Balaban J connectivity index is 2.22. The van der Waals surface area contributed by atoms with Crippen molar-refractivity contribution in [1.82, 2.24) is 4.90 Å². The number of nitro groups is 1. The topological polar surface area (TPSA) is 75.5 Å². The van der Waals surface area contributed by atoms with Gasteiger partial charge in [-0.05, 0) is 18.9 Å². The molecular weight excluding hydrogens is 241 g/mol. The van der Waals surface area contributed by atoms with E-state index in [2.05, 4.69) is 5.32 Å². The van der Waals surface area contributed by atoms with Crippen molar-refractivity contribution in [2.75, 3.05) is 18.4 Å². The minimum absolute atomic E-state index is 0.376. The molecule has 1 N–H and O–H groups in total. The number of amides is 2. The van der Waals surface area contributed by atoms with Crippen LogP contribution in [0.25, 0.3) is 0 Å². The van der Waals surface area contributed by atoms with Gasteiger partial charge in [-0.3, -0.25) is 15.4 Å². The third-order valence-corrected chi connectivity index (χ3v) is 2.81. The first-order valence-electron chi connectivity index (χ1n) is 5.58. The molecule has 1 aromatic carbocycles. The number of carbonyl (C=O) groups excluding carboxylic acids is 1. The quantitative estimate of drug-likeness (QED) is 0.649. The molecule has 0 aromatic heterocycles. The number of anilines is 1. The number of hydrogen-bond acceptors (Lipinski definition) is 3. The monoisotopic (exact) mass is 253 g/mol. The number of rotatable bonds is 2. The van der Waals surface area contributed by atoms with E-state index < -0.39 is 22.5 Å². The standard InChI is InChI=1S/C11H12FN3O3/c12-8-4-3-5-9(15(17)18)10(8)13-11(16)14-6-1-2-7-14/h3-5H,1-2,6-7H2,(H,13,16). The molecule has 1 aliphatic rings. The number of likely N-dealkylation sites (tertiary alicyclic amines) is 1. The minimum atomic E-state index is -0.809. The molecule has 18 heavy (non-hydrogen) atoms. The Morgan fingerprint density at radius 3 is 2.67 bits per heavy atom. The van der Waals surface area contributed by atoms with Crippen LogP contribution in [0.5, 0.6) is 0 Å². The van der Waals surface area contributed by atoms with Crippen LogP contribution in [0.1, 0.15) is 12.8 Å². The highest BCUT2D eigenvalue weighted by Crippen LogP contribution is 2.27. The van der Waals surface area contributed by atoms with Crippen LogP contribution < -0.4 is 5.32 Å². The third kappa shape index (κ3) is 2.39. The van der Waals surface area contributed by atoms with E-state index in [9.17, 15) is 19.3 Å². The summed E-state index contributed by atoms with van der Waals surface area (Å²) in [6, 6.07) is 2.97. The fourth-order valence-electron chi connectivity index (χ4n) is 1.89. The van der Waals surface area contributed by atoms with E-state index in [1.165, 1.54) is 11.0 Å². The lowest BCUT2D eigenvalue weighted by Crippen LogP contribution is -2.32. The van der Waals surface area contributed by atoms with E-state index in [-0.39, 0.29) is 5.69 Å². The molecule has 1 saturated heterocycles. The van der Waals surface area contributed by atoms with Gasteiger partial charge in [-0.1, -0.05) is 6.07 Å². The van der Waals surface area contributed by atoms with Gasteiger partial charge in [0.15, 0.2) is 11.5 Å². The summed E-state index contributed by atoms with van der Waals surface area (Å²) in [6.45, 7) is 1.18. The summed E-state index contributed by atoms with van der Waals surface area (Å²) in [5.74, 6) is -0.809. The molecule has 0 bridgehead atoms. The fraction of sp³-hybridized carbons (Fsp3) is 0.364. The lowest BCUT2D eigenvalue weighted by atomic mass is 10.2. The molecule has 0 saturated carbocycles. The molecule has 0 spiro atoms. The van der Waals surface area contributed by atoms with Gasteiger partial charge in [0.25, 0.3) is 5.69 Å². The molecule has 7 heteroatoms. The zero-order valence-corrected chi connectivity index (χ0v) is 9.56. The van der Waals surface area contributed by atoms with E-state index in [1.54, 1.807) is 0 Å². The minimum Gasteiger partial charge on any atom is -0.325 e. The number of para-hydroxylation sites is 1. The maximum Gasteiger partial charge on any atom is 0.322 e. The maximum atomic E-state index is 13.5. The summed E-state index contributed by atoms with van der Waals surface area (Å²) >= 11 is 0. The Bertz CT molecular complexity index is 486. The van der Waals surface area contributed by atoms with Gasteiger partial charge < -0.3 is 4.90 Å².